The smallest absolute Gasteiger partial charge is 0.242 e. The molecular weight excluding hydrogens is 260 g/mol. The van der Waals surface area contributed by atoms with E-state index < -0.39 is 0 Å². The molecule has 1 amide bonds. The number of aryl methyl sites for hydroxylation is 1. The third-order valence-electron chi connectivity index (χ3n) is 3.04. The van der Waals surface area contributed by atoms with Gasteiger partial charge in [0.05, 0.1) is 22.9 Å². The highest BCUT2D eigenvalue weighted by Gasteiger charge is 2.26. The fourth-order valence-electron chi connectivity index (χ4n) is 1.87. The van der Waals surface area contributed by atoms with Crippen molar-refractivity contribution in [3.63, 3.8) is 0 Å². The second-order valence-electron chi connectivity index (χ2n) is 4.88. The first-order chi connectivity index (χ1) is 9.20. The van der Waals surface area contributed by atoms with Gasteiger partial charge in [0.25, 0.3) is 0 Å². The minimum absolute atomic E-state index is 0.0379. The normalized spacial score (nSPS) is 14.6. The molecule has 0 bridgehead atoms. The summed E-state index contributed by atoms with van der Waals surface area (Å²) in [7, 11) is 0. The van der Waals surface area contributed by atoms with Crippen LogP contribution in [0.15, 0.2) is 17.6 Å². The van der Waals surface area contributed by atoms with Crippen LogP contribution in [0.5, 0.6) is 0 Å². The number of hydrogen-bond donors (Lipinski definition) is 1. The van der Waals surface area contributed by atoms with Crippen molar-refractivity contribution in [2.45, 2.75) is 38.8 Å². The summed E-state index contributed by atoms with van der Waals surface area (Å²) in [5.74, 6) is 0.644. The lowest BCUT2D eigenvalue weighted by Crippen LogP contribution is -2.27. The number of nitrogens with one attached hydrogen (secondary N) is 1. The summed E-state index contributed by atoms with van der Waals surface area (Å²) in [6, 6.07) is 1.88. The van der Waals surface area contributed by atoms with Gasteiger partial charge < -0.3 is 5.32 Å². The molecule has 2 heterocycles. The highest BCUT2D eigenvalue weighted by Crippen LogP contribution is 2.41. The minimum Gasteiger partial charge on any atom is -0.349 e. The second-order valence-corrected chi connectivity index (χ2v) is 5.77. The van der Waals surface area contributed by atoms with Gasteiger partial charge in [0.15, 0.2) is 0 Å². The Morgan fingerprint density at radius 1 is 1.58 bits per heavy atom. The Morgan fingerprint density at radius 3 is 3.11 bits per heavy atom. The number of rotatable bonds is 5. The number of carbonyl (C=O) groups excluding carboxylic acids is 1. The van der Waals surface area contributed by atoms with Crippen molar-refractivity contribution in [2.75, 3.05) is 0 Å². The van der Waals surface area contributed by atoms with E-state index in [4.69, 9.17) is 0 Å². The number of nitrogens with zero attached hydrogens (tertiary/aromatic N) is 3. The van der Waals surface area contributed by atoms with Crippen LogP contribution in [0.25, 0.3) is 0 Å². The molecule has 19 heavy (non-hydrogen) atoms. The third kappa shape index (κ3) is 3.20. The second kappa shape index (κ2) is 5.13. The Labute approximate surface area is 115 Å². The number of amides is 1. The van der Waals surface area contributed by atoms with Crippen molar-refractivity contribution in [1.29, 1.82) is 0 Å². The lowest BCUT2D eigenvalue weighted by Gasteiger charge is -2.03. The quantitative estimate of drug-likeness (QED) is 0.906. The van der Waals surface area contributed by atoms with Crippen molar-refractivity contribution in [2.24, 2.45) is 0 Å². The van der Waals surface area contributed by atoms with Gasteiger partial charge in [0.1, 0.15) is 6.54 Å². The number of hydrogen-bond acceptors (Lipinski definition) is 4. The summed E-state index contributed by atoms with van der Waals surface area (Å²) < 4.78 is 1.64. The largest absolute Gasteiger partial charge is 0.349 e. The van der Waals surface area contributed by atoms with Gasteiger partial charge in [-0.05, 0) is 25.8 Å². The molecule has 0 unspecified atom stereocenters. The summed E-state index contributed by atoms with van der Waals surface area (Å²) in [6.45, 7) is 2.67. The maximum absolute atomic E-state index is 11.8. The topological polar surface area (TPSA) is 59.8 Å². The fourth-order valence-corrected chi connectivity index (χ4v) is 2.86. The first-order valence-corrected chi connectivity index (χ1v) is 7.30. The predicted molar refractivity (Wildman–Crippen MR) is 72.9 cm³/mol. The lowest BCUT2D eigenvalue weighted by atomic mass is 10.4. The van der Waals surface area contributed by atoms with Gasteiger partial charge in [-0.3, -0.25) is 9.48 Å². The maximum Gasteiger partial charge on any atom is 0.242 e. The Balaban J connectivity index is 1.49. The Hall–Kier alpha value is -1.69. The Kier molecular flexibility index (Phi) is 3.33. The SMILES string of the molecule is Cc1ccn(CC(=O)NCc2csc(C3CC3)n2)n1. The van der Waals surface area contributed by atoms with Crippen LogP contribution in [-0.4, -0.2) is 20.7 Å². The highest BCUT2D eigenvalue weighted by molar-refractivity contribution is 7.09. The number of carbonyl (C=O) groups is 1. The van der Waals surface area contributed by atoms with Crippen molar-refractivity contribution in [3.8, 4) is 0 Å². The first kappa shape index (κ1) is 12.3. The van der Waals surface area contributed by atoms with Crippen molar-refractivity contribution in [1.82, 2.24) is 20.1 Å². The fraction of sp³-hybridized carbons (Fsp3) is 0.462. The Morgan fingerprint density at radius 2 is 2.42 bits per heavy atom. The van der Waals surface area contributed by atoms with Crippen LogP contribution in [-0.2, 0) is 17.9 Å². The van der Waals surface area contributed by atoms with Gasteiger partial charge in [-0.15, -0.1) is 11.3 Å². The molecule has 2 aromatic rings. The zero-order chi connectivity index (χ0) is 13.2. The van der Waals surface area contributed by atoms with E-state index in [1.54, 1.807) is 16.0 Å². The lowest BCUT2D eigenvalue weighted by molar-refractivity contribution is -0.122. The van der Waals surface area contributed by atoms with Crippen molar-refractivity contribution < 1.29 is 4.79 Å². The monoisotopic (exact) mass is 276 g/mol. The van der Waals surface area contributed by atoms with Gasteiger partial charge in [0, 0.05) is 17.5 Å². The van der Waals surface area contributed by atoms with E-state index in [1.165, 1.54) is 17.8 Å². The van der Waals surface area contributed by atoms with E-state index >= 15 is 0 Å². The van der Waals surface area contributed by atoms with Gasteiger partial charge in [0.2, 0.25) is 5.91 Å². The van der Waals surface area contributed by atoms with Crippen molar-refractivity contribution in [3.05, 3.63) is 34.0 Å². The summed E-state index contributed by atoms with van der Waals surface area (Å²) in [6.07, 6.45) is 4.33. The molecule has 0 saturated heterocycles. The summed E-state index contributed by atoms with van der Waals surface area (Å²) in [5.41, 5.74) is 1.87. The van der Waals surface area contributed by atoms with E-state index in [-0.39, 0.29) is 12.5 Å². The molecule has 0 aromatic carbocycles. The van der Waals surface area contributed by atoms with E-state index in [2.05, 4.69) is 15.4 Å². The summed E-state index contributed by atoms with van der Waals surface area (Å²) in [4.78, 5) is 16.3. The molecule has 100 valence electrons. The molecule has 1 saturated carbocycles. The molecule has 0 radical (unpaired) electrons. The van der Waals surface area contributed by atoms with Crippen LogP contribution in [0.4, 0.5) is 0 Å². The van der Waals surface area contributed by atoms with Gasteiger partial charge >= 0.3 is 0 Å². The van der Waals surface area contributed by atoms with Crippen LogP contribution in [0.2, 0.25) is 0 Å². The first-order valence-electron chi connectivity index (χ1n) is 6.42. The Bertz CT molecular complexity index is 585. The molecule has 0 spiro atoms. The molecule has 6 heteroatoms. The third-order valence-corrected chi connectivity index (χ3v) is 4.10. The summed E-state index contributed by atoms with van der Waals surface area (Å²) in [5, 5.41) is 10.3. The van der Waals surface area contributed by atoms with E-state index in [9.17, 15) is 4.79 Å². The van der Waals surface area contributed by atoms with Crippen LogP contribution in [0.3, 0.4) is 0 Å². The zero-order valence-electron chi connectivity index (χ0n) is 10.8. The molecular formula is C13H16N4OS. The zero-order valence-corrected chi connectivity index (χ0v) is 11.6. The van der Waals surface area contributed by atoms with Crippen molar-refractivity contribution >= 4 is 17.2 Å². The van der Waals surface area contributed by atoms with E-state index in [1.807, 2.05) is 24.6 Å². The number of thiazole rings is 1. The van der Waals surface area contributed by atoms with E-state index in [0.717, 1.165) is 11.4 Å². The van der Waals surface area contributed by atoms with Crippen LogP contribution in [0.1, 0.15) is 35.2 Å². The molecule has 1 aliphatic rings. The van der Waals surface area contributed by atoms with Gasteiger partial charge in [-0.25, -0.2) is 4.98 Å². The molecule has 3 rings (SSSR count). The van der Waals surface area contributed by atoms with Gasteiger partial charge in [-0.2, -0.15) is 5.10 Å². The molecule has 0 aliphatic heterocycles. The molecule has 1 N–H and O–H groups in total. The van der Waals surface area contributed by atoms with Crippen LogP contribution < -0.4 is 5.32 Å². The number of aromatic nitrogens is 3. The molecule has 1 aliphatic carbocycles. The molecule has 0 atom stereocenters. The van der Waals surface area contributed by atoms with Crippen LogP contribution >= 0.6 is 11.3 Å². The average Bonchev–Trinajstić information content (AvgIpc) is 2.99. The maximum atomic E-state index is 11.8. The molecule has 1 fully saturated rings. The highest BCUT2D eigenvalue weighted by atomic mass is 32.1. The predicted octanol–water partition coefficient (Wildman–Crippen LogP) is 1.84. The summed E-state index contributed by atoms with van der Waals surface area (Å²) >= 11 is 1.70. The standard InChI is InChI=1S/C13H16N4OS/c1-9-4-5-17(16-9)7-12(18)14-6-11-8-19-13(15-11)10-2-3-10/h4-5,8,10H,2-3,6-7H2,1H3,(H,14,18). The molecule has 5 nitrogen and oxygen atoms in total. The van der Waals surface area contributed by atoms with E-state index in [0.29, 0.717) is 12.5 Å². The van der Waals surface area contributed by atoms with Gasteiger partial charge in [-0.1, -0.05) is 0 Å². The minimum atomic E-state index is -0.0379. The van der Waals surface area contributed by atoms with Crippen LogP contribution in [0, 0.1) is 6.92 Å². The average molecular weight is 276 g/mol. The molecule has 2 aromatic heterocycles.